The van der Waals surface area contributed by atoms with E-state index in [0.717, 1.165) is 48.9 Å². The lowest BCUT2D eigenvalue weighted by atomic mass is 10.1. The first-order chi connectivity index (χ1) is 13.6. The lowest BCUT2D eigenvalue weighted by Crippen LogP contribution is -3.15. The topological polar surface area (TPSA) is 55.2 Å². The van der Waals surface area contributed by atoms with Gasteiger partial charge in [-0.3, -0.25) is 4.79 Å². The van der Waals surface area contributed by atoms with Crippen molar-refractivity contribution in [2.75, 3.05) is 44.4 Å². The van der Waals surface area contributed by atoms with Crippen LogP contribution in [-0.4, -0.2) is 45.4 Å². The van der Waals surface area contributed by atoms with Crippen molar-refractivity contribution in [1.29, 1.82) is 0 Å². The Morgan fingerprint density at radius 3 is 2.61 bits per heavy atom. The number of rotatable bonds is 5. The summed E-state index contributed by atoms with van der Waals surface area (Å²) in [6.07, 6.45) is 0. The van der Waals surface area contributed by atoms with E-state index in [2.05, 4.69) is 10.2 Å². The van der Waals surface area contributed by atoms with E-state index in [9.17, 15) is 9.18 Å². The Morgan fingerprint density at radius 2 is 1.86 bits per heavy atom. The van der Waals surface area contributed by atoms with Crippen molar-refractivity contribution in [3.63, 3.8) is 0 Å². The van der Waals surface area contributed by atoms with Gasteiger partial charge in [-0.15, -0.1) is 0 Å². The van der Waals surface area contributed by atoms with Crippen LogP contribution < -0.4 is 24.6 Å². The lowest BCUT2D eigenvalue weighted by Gasteiger charge is -2.33. The van der Waals surface area contributed by atoms with Crippen molar-refractivity contribution in [1.82, 2.24) is 5.32 Å². The summed E-state index contributed by atoms with van der Waals surface area (Å²) in [7, 11) is 0. The number of amides is 1. The second-order valence-electron chi connectivity index (χ2n) is 7.29. The number of carbonyl (C=O) groups is 1. The summed E-state index contributed by atoms with van der Waals surface area (Å²) < 4.78 is 23.8. The third-order valence-electron chi connectivity index (χ3n) is 5.35. The molecule has 0 saturated carbocycles. The predicted octanol–water partition coefficient (Wildman–Crippen LogP) is 1.14. The molecule has 7 heteroatoms. The van der Waals surface area contributed by atoms with Gasteiger partial charge in [-0.1, -0.05) is 6.07 Å². The first kappa shape index (κ1) is 18.6. The minimum atomic E-state index is -0.221. The van der Waals surface area contributed by atoms with Crippen LogP contribution in [-0.2, 0) is 4.79 Å². The van der Waals surface area contributed by atoms with Crippen LogP contribution in [0.25, 0.3) is 0 Å². The SMILES string of the molecule is C[C@@H](NC(=O)C[NH+]1CCN(c2ccc(F)cc2)CC1)c1ccc2c(c1)OCO2. The number of hydrogen-bond donors (Lipinski definition) is 2. The van der Waals surface area contributed by atoms with Crippen LogP contribution in [0.3, 0.4) is 0 Å². The molecule has 2 aromatic rings. The third kappa shape index (κ3) is 4.20. The maximum absolute atomic E-state index is 13.1. The average Bonchev–Trinajstić information content (AvgIpc) is 3.17. The highest BCUT2D eigenvalue weighted by Gasteiger charge is 2.23. The van der Waals surface area contributed by atoms with E-state index < -0.39 is 0 Å². The van der Waals surface area contributed by atoms with Crippen LogP contribution in [0.5, 0.6) is 11.5 Å². The zero-order chi connectivity index (χ0) is 19.5. The van der Waals surface area contributed by atoms with Crippen LogP contribution in [0.4, 0.5) is 10.1 Å². The Hall–Kier alpha value is -2.80. The van der Waals surface area contributed by atoms with Crippen molar-refractivity contribution >= 4 is 11.6 Å². The first-order valence-corrected chi connectivity index (χ1v) is 9.61. The maximum Gasteiger partial charge on any atom is 0.275 e. The molecule has 4 rings (SSSR count). The highest BCUT2D eigenvalue weighted by molar-refractivity contribution is 5.77. The zero-order valence-electron chi connectivity index (χ0n) is 15.9. The van der Waals surface area contributed by atoms with Crippen LogP contribution >= 0.6 is 0 Å². The molecule has 148 valence electrons. The van der Waals surface area contributed by atoms with Gasteiger partial charge < -0.3 is 24.6 Å². The molecule has 1 fully saturated rings. The summed E-state index contributed by atoms with van der Waals surface area (Å²) in [6, 6.07) is 12.2. The zero-order valence-corrected chi connectivity index (χ0v) is 15.9. The number of nitrogens with zero attached hydrogens (tertiary/aromatic N) is 1. The summed E-state index contributed by atoms with van der Waals surface area (Å²) in [5, 5.41) is 3.07. The van der Waals surface area contributed by atoms with Gasteiger partial charge in [0.05, 0.1) is 32.2 Å². The highest BCUT2D eigenvalue weighted by atomic mass is 19.1. The van der Waals surface area contributed by atoms with Crippen LogP contribution in [0.2, 0.25) is 0 Å². The van der Waals surface area contributed by atoms with Gasteiger partial charge in [0.15, 0.2) is 18.0 Å². The number of benzene rings is 2. The molecule has 0 bridgehead atoms. The van der Waals surface area contributed by atoms with Gasteiger partial charge in [0, 0.05) is 5.69 Å². The molecule has 0 unspecified atom stereocenters. The maximum atomic E-state index is 13.1. The summed E-state index contributed by atoms with van der Waals surface area (Å²) in [6.45, 7) is 6.13. The molecule has 0 spiro atoms. The molecule has 1 atom stereocenters. The molecule has 2 N–H and O–H groups in total. The second kappa shape index (κ2) is 8.06. The van der Waals surface area contributed by atoms with Crippen LogP contribution in [0, 0.1) is 5.82 Å². The molecule has 2 aromatic carbocycles. The Morgan fingerprint density at radius 1 is 1.14 bits per heavy atom. The number of nitrogens with one attached hydrogen (secondary N) is 2. The monoisotopic (exact) mass is 386 g/mol. The first-order valence-electron chi connectivity index (χ1n) is 9.61. The minimum Gasteiger partial charge on any atom is -0.454 e. The van der Waals surface area contributed by atoms with E-state index in [1.54, 1.807) is 12.1 Å². The fourth-order valence-electron chi connectivity index (χ4n) is 3.70. The molecule has 1 amide bonds. The van der Waals surface area contributed by atoms with E-state index in [0.29, 0.717) is 6.54 Å². The molecule has 2 aliphatic heterocycles. The Bertz CT molecular complexity index is 835. The van der Waals surface area contributed by atoms with E-state index in [1.165, 1.54) is 17.0 Å². The average molecular weight is 386 g/mol. The molecule has 2 aliphatic rings. The Kier molecular flexibility index (Phi) is 5.34. The van der Waals surface area contributed by atoms with Gasteiger partial charge in [0.25, 0.3) is 5.91 Å². The van der Waals surface area contributed by atoms with Crippen molar-refractivity contribution in [3.05, 3.63) is 53.8 Å². The summed E-state index contributed by atoms with van der Waals surface area (Å²) in [5.74, 6) is 1.28. The highest BCUT2D eigenvalue weighted by Crippen LogP contribution is 2.34. The van der Waals surface area contributed by atoms with Crippen molar-refractivity contribution in [2.45, 2.75) is 13.0 Å². The van der Waals surface area contributed by atoms with E-state index in [1.807, 2.05) is 25.1 Å². The van der Waals surface area contributed by atoms with E-state index >= 15 is 0 Å². The molecular formula is C21H25FN3O3+. The van der Waals surface area contributed by atoms with Gasteiger partial charge in [-0.2, -0.15) is 0 Å². The Labute approximate surface area is 163 Å². The molecule has 2 heterocycles. The van der Waals surface area contributed by atoms with Crippen molar-refractivity contribution in [3.8, 4) is 11.5 Å². The molecule has 0 aromatic heterocycles. The molecular weight excluding hydrogens is 361 g/mol. The van der Waals surface area contributed by atoms with E-state index in [4.69, 9.17) is 9.47 Å². The molecule has 1 saturated heterocycles. The van der Waals surface area contributed by atoms with Gasteiger partial charge >= 0.3 is 0 Å². The third-order valence-corrected chi connectivity index (χ3v) is 5.35. The largest absolute Gasteiger partial charge is 0.454 e. The Balaban J connectivity index is 1.26. The van der Waals surface area contributed by atoms with Crippen LogP contribution in [0.15, 0.2) is 42.5 Å². The normalized spacial score (nSPS) is 17.4. The molecule has 28 heavy (non-hydrogen) atoms. The van der Waals surface area contributed by atoms with Gasteiger partial charge in [-0.25, -0.2) is 4.39 Å². The van der Waals surface area contributed by atoms with Gasteiger partial charge in [-0.05, 0) is 48.9 Å². The number of piperazine rings is 1. The summed E-state index contributed by atoms with van der Waals surface area (Å²) in [4.78, 5) is 16.0. The van der Waals surface area contributed by atoms with Crippen molar-refractivity contribution in [2.24, 2.45) is 0 Å². The van der Waals surface area contributed by atoms with Crippen molar-refractivity contribution < 1.29 is 23.6 Å². The number of hydrogen-bond acceptors (Lipinski definition) is 4. The quantitative estimate of drug-likeness (QED) is 0.809. The fourth-order valence-corrected chi connectivity index (χ4v) is 3.70. The standard InChI is InChI=1S/C21H24FN3O3/c1-15(16-2-7-19-20(12-16)28-14-27-19)23-21(26)13-24-8-10-25(11-9-24)18-5-3-17(22)4-6-18/h2-7,12,15H,8-11,13-14H2,1H3,(H,23,26)/p+1/t15-/m1/s1. The van der Waals surface area contributed by atoms with Gasteiger partial charge in [0.1, 0.15) is 5.82 Å². The molecule has 6 nitrogen and oxygen atoms in total. The molecule has 0 aliphatic carbocycles. The number of ether oxygens (including phenoxy) is 2. The summed E-state index contributed by atoms with van der Waals surface area (Å²) >= 11 is 0. The van der Waals surface area contributed by atoms with Crippen LogP contribution in [0.1, 0.15) is 18.5 Å². The van der Waals surface area contributed by atoms with Gasteiger partial charge in [0.2, 0.25) is 6.79 Å². The second-order valence-corrected chi connectivity index (χ2v) is 7.29. The number of quaternary nitrogens is 1. The predicted molar refractivity (Wildman–Crippen MR) is 103 cm³/mol. The lowest BCUT2D eigenvalue weighted by molar-refractivity contribution is -0.892. The van der Waals surface area contributed by atoms with E-state index in [-0.39, 0.29) is 24.6 Å². The molecule has 0 radical (unpaired) electrons. The number of carbonyl (C=O) groups excluding carboxylic acids is 1. The minimum absolute atomic E-state index is 0.0374. The summed E-state index contributed by atoms with van der Waals surface area (Å²) in [5.41, 5.74) is 2.02. The smallest absolute Gasteiger partial charge is 0.275 e. The fraction of sp³-hybridized carbons (Fsp3) is 0.381. The number of anilines is 1. The number of fused-ring (bicyclic) bond motifs is 1. The number of halogens is 1.